The molecular weight excluding hydrogens is 302 g/mol. The van der Waals surface area contributed by atoms with Crippen molar-refractivity contribution in [2.45, 2.75) is 44.8 Å². The maximum absolute atomic E-state index is 12.6. The predicted octanol–water partition coefficient (Wildman–Crippen LogP) is 1.67. The Morgan fingerprint density at radius 1 is 1.25 bits per heavy atom. The normalized spacial score (nSPS) is 25.4. The Balaban J connectivity index is 1.59. The summed E-state index contributed by atoms with van der Waals surface area (Å²) in [5.74, 6) is 0.114. The van der Waals surface area contributed by atoms with Crippen LogP contribution in [0.25, 0.3) is 0 Å². The van der Waals surface area contributed by atoms with Crippen molar-refractivity contribution in [3.8, 4) is 0 Å². The topological polar surface area (TPSA) is 53.6 Å². The number of nitrogens with one attached hydrogen (secondary N) is 2. The summed E-state index contributed by atoms with van der Waals surface area (Å²) in [6.45, 7) is 8.03. The second-order valence-electron chi connectivity index (χ2n) is 7.06. The van der Waals surface area contributed by atoms with E-state index in [0.29, 0.717) is 6.54 Å². The minimum atomic E-state index is -0.419. The lowest BCUT2D eigenvalue weighted by Crippen LogP contribution is -2.56. The maximum Gasteiger partial charge on any atom is 0.240 e. The van der Waals surface area contributed by atoms with E-state index in [1.807, 2.05) is 13.0 Å². The average Bonchev–Trinajstić information content (AvgIpc) is 2.62. The Labute approximate surface area is 144 Å². The Hall–Kier alpha value is -1.43. The standard InChI is InChI=1S/C19H29N3O2/c1-19(8-4-5-9-21-19)18(23)20-14-16-6-2-3-7-17(16)15-22-10-12-24-13-11-22/h2-3,6-7,21H,4-5,8-15H2,1H3,(H,20,23). The van der Waals surface area contributed by atoms with Crippen molar-refractivity contribution < 1.29 is 9.53 Å². The van der Waals surface area contributed by atoms with Gasteiger partial charge in [0.15, 0.2) is 0 Å². The Morgan fingerprint density at radius 3 is 2.71 bits per heavy atom. The summed E-state index contributed by atoms with van der Waals surface area (Å²) < 4.78 is 5.42. The largest absolute Gasteiger partial charge is 0.379 e. The third-order valence-corrected chi connectivity index (χ3v) is 5.18. The number of ether oxygens (including phenoxy) is 1. The van der Waals surface area contributed by atoms with E-state index in [4.69, 9.17) is 4.74 Å². The fraction of sp³-hybridized carbons (Fsp3) is 0.632. The molecule has 24 heavy (non-hydrogen) atoms. The first kappa shape index (κ1) is 17.4. The highest BCUT2D eigenvalue weighted by atomic mass is 16.5. The molecule has 2 saturated heterocycles. The first-order valence-electron chi connectivity index (χ1n) is 9.08. The van der Waals surface area contributed by atoms with Crippen molar-refractivity contribution in [2.24, 2.45) is 0 Å². The number of hydrogen-bond acceptors (Lipinski definition) is 4. The van der Waals surface area contributed by atoms with Crippen LogP contribution in [0.2, 0.25) is 0 Å². The minimum Gasteiger partial charge on any atom is -0.379 e. The molecule has 5 heteroatoms. The van der Waals surface area contributed by atoms with Gasteiger partial charge in [-0.05, 0) is 43.9 Å². The molecule has 2 heterocycles. The highest BCUT2D eigenvalue weighted by Gasteiger charge is 2.33. The molecule has 132 valence electrons. The van der Waals surface area contributed by atoms with Crippen LogP contribution in [0.4, 0.5) is 0 Å². The van der Waals surface area contributed by atoms with Crippen molar-refractivity contribution in [1.29, 1.82) is 0 Å². The van der Waals surface area contributed by atoms with Gasteiger partial charge in [-0.25, -0.2) is 0 Å². The van der Waals surface area contributed by atoms with Crippen LogP contribution in [0.15, 0.2) is 24.3 Å². The Bertz CT molecular complexity index is 549. The SMILES string of the molecule is CC1(C(=O)NCc2ccccc2CN2CCOCC2)CCCCN1. The molecule has 1 aromatic rings. The van der Waals surface area contributed by atoms with Gasteiger partial charge in [-0.2, -0.15) is 0 Å². The molecule has 0 aromatic heterocycles. The monoisotopic (exact) mass is 331 g/mol. The molecular formula is C19H29N3O2. The molecule has 1 amide bonds. The van der Waals surface area contributed by atoms with Crippen molar-refractivity contribution in [3.05, 3.63) is 35.4 Å². The van der Waals surface area contributed by atoms with Crippen LogP contribution in [0.3, 0.4) is 0 Å². The van der Waals surface area contributed by atoms with Gasteiger partial charge in [0.05, 0.1) is 18.8 Å². The fourth-order valence-corrected chi connectivity index (χ4v) is 3.50. The zero-order valence-corrected chi connectivity index (χ0v) is 14.6. The van der Waals surface area contributed by atoms with Crippen molar-refractivity contribution in [3.63, 3.8) is 0 Å². The lowest BCUT2D eigenvalue weighted by molar-refractivity contribution is -0.128. The second kappa shape index (κ2) is 8.10. The Kier molecular flexibility index (Phi) is 5.87. The molecule has 1 atom stereocenters. The molecule has 0 spiro atoms. The van der Waals surface area contributed by atoms with Gasteiger partial charge in [-0.3, -0.25) is 9.69 Å². The number of rotatable bonds is 5. The molecule has 5 nitrogen and oxygen atoms in total. The van der Waals surface area contributed by atoms with Gasteiger partial charge in [-0.15, -0.1) is 0 Å². The average molecular weight is 331 g/mol. The van der Waals surface area contributed by atoms with Crippen LogP contribution in [0.5, 0.6) is 0 Å². The molecule has 2 aliphatic rings. The molecule has 2 N–H and O–H groups in total. The van der Waals surface area contributed by atoms with E-state index in [9.17, 15) is 4.79 Å². The second-order valence-corrected chi connectivity index (χ2v) is 7.06. The molecule has 1 aromatic carbocycles. The number of morpholine rings is 1. The number of piperidine rings is 1. The maximum atomic E-state index is 12.6. The van der Waals surface area contributed by atoms with Crippen LogP contribution in [-0.4, -0.2) is 49.2 Å². The highest BCUT2D eigenvalue weighted by Crippen LogP contribution is 2.19. The van der Waals surface area contributed by atoms with E-state index in [1.54, 1.807) is 0 Å². The van der Waals surface area contributed by atoms with Crippen LogP contribution in [-0.2, 0) is 22.6 Å². The van der Waals surface area contributed by atoms with Crippen molar-refractivity contribution >= 4 is 5.91 Å². The van der Waals surface area contributed by atoms with Crippen LogP contribution in [0.1, 0.15) is 37.3 Å². The molecule has 0 bridgehead atoms. The summed E-state index contributed by atoms with van der Waals surface area (Å²) in [5, 5.41) is 6.52. The number of amides is 1. The number of benzene rings is 1. The lowest BCUT2D eigenvalue weighted by atomic mass is 9.90. The van der Waals surface area contributed by atoms with Crippen LogP contribution in [0, 0.1) is 0 Å². The highest BCUT2D eigenvalue weighted by molar-refractivity contribution is 5.85. The van der Waals surface area contributed by atoms with E-state index < -0.39 is 5.54 Å². The van der Waals surface area contributed by atoms with Crippen molar-refractivity contribution in [2.75, 3.05) is 32.8 Å². The van der Waals surface area contributed by atoms with Gasteiger partial charge < -0.3 is 15.4 Å². The van der Waals surface area contributed by atoms with Gasteiger partial charge in [0.25, 0.3) is 0 Å². The summed E-state index contributed by atoms with van der Waals surface area (Å²) in [6, 6.07) is 8.40. The van der Waals surface area contributed by atoms with E-state index in [2.05, 4.69) is 33.7 Å². The molecule has 0 saturated carbocycles. The van der Waals surface area contributed by atoms with Gasteiger partial charge in [-0.1, -0.05) is 24.3 Å². The third-order valence-electron chi connectivity index (χ3n) is 5.18. The van der Waals surface area contributed by atoms with E-state index in [-0.39, 0.29) is 5.91 Å². The number of carbonyl (C=O) groups excluding carboxylic acids is 1. The van der Waals surface area contributed by atoms with Gasteiger partial charge in [0.1, 0.15) is 0 Å². The van der Waals surface area contributed by atoms with E-state index >= 15 is 0 Å². The Morgan fingerprint density at radius 2 is 2.00 bits per heavy atom. The van der Waals surface area contributed by atoms with Gasteiger partial charge in [0, 0.05) is 26.2 Å². The number of carbonyl (C=O) groups is 1. The van der Waals surface area contributed by atoms with Gasteiger partial charge in [0.2, 0.25) is 5.91 Å². The molecule has 0 aliphatic carbocycles. The summed E-state index contributed by atoms with van der Waals surface area (Å²) in [4.78, 5) is 15.0. The van der Waals surface area contributed by atoms with E-state index in [0.717, 1.165) is 58.7 Å². The fourth-order valence-electron chi connectivity index (χ4n) is 3.50. The zero-order valence-electron chi connectivity index (χ0n) is 14.6. The molecule has 3 rings (SSSR count). The zero-order chi connectivity index (χ0) is 16.8. The first-order valence-corrected chi connectivity index (χ1v) is 9.08. The summed E-state index contributed by atoms with van der Waals surface area (Å²) in [6.07, 6.45) is 3.18. The molecule has 0 radical (unpaired) electrons. The number of nitrogens with zero attached hydrogens (tertiary/aromatic N) is 1. The van der Waals surface area contributed by atoms with Crippen LogP contribution >= 0.6 is 0 Å². The first-order chi connectivity index (χ1) is 11.7. The van der Waals surface area contributed by atoms with E-state index in [1.165, 1.54) is 11.1 Å². The predicted molar refractivity (Wildman–Crippen MR) is 94.6 cm³/mol. The van der Waals surface area contributed by atoms with Crippen molar-refractivity contribution in [1.82, 2.24) is 15.5 Å². The molecule has 2 aliphatic heterocycles. The van der Waals surface area contributed by atoms with Gasteiger partial charge >= 0.3 is 0 Å². The molecule has 2 fully saturated rings. The minimum absolute atomic E-state index is 0.114. The van der Waals surface area contributed by atoms with Crippen LogP contribution < -0.4 is 10.6 Å². The summed E-state index contributed by atoms with van der Waals surface area (Å²) >= 11 is 0. The third kappa shape index (κ3) is 4.35. The summed E-state index contributed by atoms with van der Waals surface area (Å²) in [5.41, 5.74) is 2.08. The number of hydrogen-bond donors (Lipinski definition) is 2. The summed E-state index contributed by atoms with van der Waals surface area (Å²) in [7, 11) is 0. The quantitative estimate of drug-likeness (QED) is 0.862. The smallest absolute Gasteiger partial charge is 0.240 e. The lowest BCUT2D eigenvalue weighted by Gasteiger charge is -2.33. The molecule has 1 unspecified atom stereocenters.